The lowest BCUT2D eigenvalue weighted by Gasteiger charge is -2.10. The van der Waals surface area contributed by atoms with Gasteiger partial charge in [0, 0.05) is 19.4 Å². The molecule has 6 heteroatoms. The Bertz CT molecular complexity index is 325. The highest BCUT2D eigenvalue weighted by Gasteiger charge is 2.16. The largest absolute Gasteiger partial charge is 0.481 e. The van der Waals surface area contributed by atoms with E-state index in [1.807, 2.05) is 0 Å². The number of aliphatic carboxylic acids is 1. The number of carbonyl (C=O) groups is 3. The van der Waals surface area contributed by atoms with Crippen LogP contribution in [-0.4, -0.2) is 29.6 Å². The van der Waals surface area contributed by atoms with Gasteiger partial charge in [0.1, 0.15) is 0 Å². The van der Waals surface area contributed by atoms with Gasteiger partial charge in [-0.15, -0.1) is 0 Å². The predicted molar refractivity (Wildman–Crippen MR) is 69.6 cm³/mol. The lowest BCUT2D eigenvalue weighted by atomic mass is 10.1. The molecular weight excluding hydrogens is 248 g/mol. The van der Waals surface area contributed by atoms with Gasteiger partial charge in [-0.1, -0.05) is 12.8 Å². The van der Waals surface area contributed by atoms with E-state index in [1.165, 1.54) is 12.8 Å². The van der Waals surface area contributed by atoms with E-state index in [0.29, 0.717) is 25.3 Å². The SMILES string of the molecule is O=C(O)CCCCC(=O)NC(=O)NCC1CCCC1. The molecule has 1 fully saturated rings. The summed E-state index contributed by atoms with van der Waals surface area (Å²) in [4.78, 5) is 33.1. The Labute approximate surface area is 112 Å². The summed E-state index contributed by atoms with van der Waals surface area (Å²) < 4.78 is 0. The summed E-state index contributed by atoms with van der Waals surface area (Å²) in [6.07, 6.45) is 5.89. The predicted octanol–water partition coefficient (Wildman–Crippen LogP) is 1.65. The van der Waals surface area contributed by atoms with E-state index >= 15 is 0 Å². The van der Waals surface area contributed by atoms with Crippen LogP contribution in [0.2, 0.25) is 0 Å². The molecule has 0 bridgehead atoms. The minimum atomic E-state index is -0.866. The molecule has 0 heterocycles. The van der Waals surface area contributed by atoms with Crippen LogP contribution in [0.1, 0.15) is 51.4 Å². The van der Waals surface area contributed by atoms with E-state index in [-0.39, 0.29) is 18.7 Å². The first-order valence-electron chi connectivity index (χ1n) is 6.87. The maximum absolute atomic E-state index is 11.4. The molecule has 0 unspecified atom stereocenters. The molecule has 1 aliphatic carbocycles. The van der Waals surface area contributed by atoms with Crippen LogP contribution in [0.4, 0.5) is 4.79 Å². The smallest absolute Gasteiger partial charge is 0.321 e. The Balaban J connectivity index is 2.03. The van der Waals surface area contributed by atoms with Gasteiger partial charge in [0.15, 0.2) is 0 Å². The van der Waals surface area contributed by atoms with Gasteiger partial charge in [-0.3, -0.25) is 14.9 Å². The van der Waals surface area contributed by atoms with Crippen LogP contribution < -0.4 is 10.6 Å². The van der Waals surface area contributed by atoms with Gasteiger partial charge < -0.3 is 10.4 Å². The fraction of sp³-hybridized carbons (Fsp3) is 0.769. The maximum Gasteiger partial charge on any atom is 0.321 e. The average molecular weight is 270 g/mol. The van der Waals surface area contributed by atoms with Crippen molar-refractivity contribution < 1.29 is 19.5 Å². The summed E-state index contributed by atoms with van der Waals surface area (Å²) in [7, 11) is 0. The highest BCUT2D eigenvalue weighted by molar-refractivity contribution is 5.94. The summed E-state index contributed by atoms with van der Waals surface area (Å²) in [6.45, 7) is 0.623. The van der Waals surface area contributed by atoms with Crippen molar-refractivity contribution in [3.63, 3.8) is 0 Å². The van der Waals surface area contributed by atoms with Crippen LogP contribution in [0.3, 0.4) is 0 Å². The Morgan fingerprint density at radius 1 is 1.05 bits per heavy atom. The van der Waals surface area contributed by atoms with E-state index in [1.54, 1.807) is 0 Å². The number of carbonyl (C=O) groups excluding carboxylic acids is 2. The third-order valence-electron chi connectivity index (χ3n) is 3.32. The zero-order valence-electron chi connectivity index (χ0n) is 11.1. The molecule has 3 N–H and O–H groups in total. The molecule has 108 valence electrons. The lowest BCUT2D eigenvalue weighted by molar-refractivity contribution is -0.137. The second-order valence-corrected chi connectivity index (χ2v) is 5.01. The van der Waals surface area contributed by atoms with Crippen LogP contribution in [0.15, 0.2) is 0 Å². The second-order valence-electron chi connectivity index (χ2n) is 5.01. The highest BCUT2D eigenvalue weighted by Crippen LogP contribution is 2.23. The lowest BCUT2D eigenvalue weighted by Crippen LogP contribution is -2.41. The summed E-state index contributed by atoms with van der Waals surface area (Å²) >= 11 is 0. The number of carboxylic acids is 1. The Hall–Kier alpha value is -1.59. The van der Waals surface area contributed by atoms with Gasteiger partial charge in [-0.05, 0) is 31.6 Å². The van der Waals surface area contributed by atoms with Crippen molar-refractivity contribution in [3.8, 4) is 0 Å². The number of nitrogens with one attached hydrogen (secondary N) is 2. The number of urea groups is 1. The zero-order chi connectivity index (χ0) is 14.1. The van der Waals surface area contributed by atoms with Gasteiger partial charge >= 0.3 is 12.0 Å². The van der Waals surface area contributed by atoms with E-state index in [9.17, 15) is 14.4 Å². The van der Waals surface area contributed by atoms with E-state index < -0.39 is 12.0 Å². The Morgan fingerprint density at radius 2 is 1.68 bits per heavy atom. The second kappa shape index (κ2) is 8.50. The monoisotopic (exact) mass is 270 g/mol. The first-order chi connectivity index (χ1) is 9.08. The van der Waals surface area contributed by atoms with Crippen molar-refractivity contribution in [2.45, 2.75) is 51.4 Å². The highest BCUT2D eigenvalue weighted by atomic mass is 16.4. The van der Waals surface area contributed by atoms with Gasteiger partial charge in [0.05, 0.1) is 0 Å². The molecule has 0 atom stereocenters. The van der Waals surface area contributed by atoms with Crippen molar-refractivity contribution in [2.75, 3.05) is 6.54 Å². The minimum absolute atomic E-state index is 0.0567. The quantitative estimate of drug-likeness (QED) is 0.613. The molecule has 0 aromatic rings. The summed E-state index contributed by atoms with van der Waals surface area (Å²) in [5.74, 6) is -0.680. The molecule has 0 aromatic heterocycles. The van der Waals surface area contributed by atoms with Gasteiger partial charge in [0.2, 0.25) is 5.91 Å². The number of rotatable bonds is 7. The average Bonchev–Trinajstić information content (AvgIpc) is 2.85. The van der Waals surface area contributed by atoms with Gasteiger partial charge in [-0.2, -0.15) is 0 Å². The van der Waals surface area contributed by atoms with Crippen molar-refractivity contribution >= 4 is 17.9 Å². The summed E-state index contributed by atoms with van der Waals surface area (Å²) in [5, 5.41) is 13.4. The summed E-state index contributed by atoms with van der Waals surface area (Å²) in [5.41, 5.74) is 0. The molecule has 6 nitrogen and oxygen atoms in total. The minimum Gasteiger partial charge on any atom is -0.481 e. The molecule has 0 radical (unpaired) electrons. The number of imide groups is 1. The number of amides is 3. The Kier molecular flexibility index (Phi) is 6.92. The number of carboxylic acid groups (broad SMARTS) is 1. The van der Waals surface area contributed by atoms with Crippen LogP contribution in [0.5, 0.6) is 0 Å². The fourth-order valence-electron chi connectivity index (χ4n) is 2.25. The molecule has 0 spiro atoms. The molecular formula is C13H22N2O4. The molecule has 1 saturated carbocycles. The fourth-order valence-corrected chi connectivity index (χ4v) is 2.25. The van der Waals surface area contributed by atoms with Crippen molar-refractivity contribution in [1.29, 1.82) is 0 Å². The molecule has 0 saturated heterocycles. The molecule has 3 amide bonds. The van der Waals surface area contributed by atoms with Crippen LogP contribution >= 0.6 is 0 Å². The normalized spacial score (nSPS) is 15.2. The zero-order valence-corrected chi connectivity index (χ0v) is 11.1. The van der Waals surface area contributed by atoms with Crippen molar-refractivity contribution in [3.05, 3.63) is 0 Å². The summed E-state index contributed by atoms with van der Waals surface area (Å²) in [6, 6.07) is -0.449. The molecule has 0 aliphatic heterocycles. The molecule has 0 aromatic carbocycles. The number of hydrogen-bond acceptors (Lipinski definition) is 3. The number of unbranched alkanes of at least 4 members (excludes halogenated alkanes) is 1. The van der Waals surface area contributed by atoms with Crippen molar-refractivity contribution in [1.82, 2.24) is 10.6 Å². The number of hydrogen-bond donors (Lipinski definition) is 3. The molecule has 1 aliphatic rings. The standard InChI is InChI=1S/C13H22N2O4/c16-11(7-3-4-8-12(17)18)15-13(19)14-9-10-5-1-2-6-10/h10H,1-9H2,(H,17,18)(H2,14,15,16,19). The van der Waals surface area contributed by atoms with Gasteiger partial charge in [-0.25, -0.2) is 4.79 Å². The van der Waals surface area contributed by atoms with Crippen LogP contribution in [0.25, 0.3) is 0 Å². The third kappa shape index (κ3) is 7.43. The third-order valence-corrected chi connectivity index (χ3v) is 3.32. The van der Waals surface area contributed by atoms with Crippen LogP contribution in [-0.2, 0) is 9.59 Å². The molecule has 1 rings (SSSR count). The van der Waals surface area contributed by atoms with E-state index in [2.05, 4.69) is 10.6 Å². The Morgan fingerprint density at radius 3 is 2.32 bits per heavy atom. The van der Waals surface area contributed by atoms with Crippen molar-refractivity contribution in [2.24, 2.45) is 5.92 Å². The molecule has 19 heavy (non-hydrogen) atoms. The first-order valence-corrected chi connectivity index (χ1v) is 6.87. The topological polar surface area (TPSA) is 95.5 Å². The van der Waals surface area contributed by atoms with E-state index in [4.69, 9.17) is 5.11 Å². The maximum atomic E-state index is 11.4. The van der Waals surface area contributed by atoms with E-state index in [0.717, 1.165) is 12.8 Å². The van der Waals surface area contributed by atoms with Crippen LogP contribution in [0, 0.1) is 5.92 Å². The van der Waals surface area contributed by atoms with Gasteiger partial charge in [0.25, 0.3) is 0 Å². The first kappa shape index (κ1) is 15.5.